The third-order valence-electron chi connectivity index (χ3n) is 4.60. The first kappa shape index (κ1) is 19.1. The predicted molar refractivity (Wildman–Crippen MR) is 104 cm³/mol. The second-order valence-corrected chi connectivity index (χ2v) is 6.89. The van der Waals surface area contributed by atoms with Gasteiger partial charge in [-0.1, -0.05) is 54.9 Å². The molecule has 1 aliphatic heterocycles. The molecular formula is C21H21ClN2O3. The van der Waals surface area contributed by atoms with Crippen LogP contribution in [0.4, 0.5) is 5.69 Å². The Morgan fingerprint density at radius 1 is 1.11 bits per heavy atom. The van der Waals surface area contributed by atoms with E-state index in [9.17, 15) is 14.4 Å². The van der Waals surface area contributed by atoms with E-state index in [4.69, 9.17) is 11.6 Å². The smallest absolute Gasteiger partial charge is 0.257 e. The first-order valence-electron chi connectivity index (χ1n) is 8.97. The number of rotatable bonds is 6. The molecular weight excluding hydrogens is 364 g/mol. The van der Waals surface area contributed by atoms with E-state index in [0.29, 0.717) is 23.6 Å². The molecule has 3 rings (SSSR count). The minimum atomic E-state index is -0.812. The van der Waals surface area contributed by atoms with Crippen LogP contribution in [0.3, 0.4) is 0 Å². The van der Waals surface area contributed by atoms with Gasteiger partial charge in [0.2, 0.25) is 11.8 Å². The number of nitrogens with zero attached hydrogens (tertiary/aromatic N) is 2. The van der Waals surface area contributed by atoms with E-state index in [1.807, 2.05) is 31.2 Å². The summed E-state index contributed by atoms with van der Waals surface area (Å²) in [5, 5.41) is 0.531. The minimum absolute atomic E-state index is 0.0202. The van der Waals surface area contributed by atoms with Crippen LogP contribution >= 0.6 is 11.6 Å². The maximum atomic E-state index is 13.0. The lowest BCUT2D eigenvalue weighted by atomic mass is 10.1. The van der Waals surface area contributed by atoms with Crippen molar-refractivity contribution in [2.24, 2.45) is 0 Å². The number of amides is 3. The molecule has 1 heterocycles. The molecule has 0 N–H and O–H groups in total. The molecule has 0 spiro atoms. The Hall–Kier alpha value is -2.66. The van der Waals surface area contributed by atoms with E-state index in [-0.39, 0.29) is 30.7 Å². The molecule has 0 bridgehead atoms. The van der Waals surface area contributed by atoms with Crippen LogP contribution in [0.5, 0.6) is 0 Å². The predicted octanol–water partition coefficient (Wildman–Crippen LogP) is 3.80. The van der Waals surface area contributed by atoms with Gasteiger partial charge in [-0.15, -0.1) is 0 Å². The van der Waals surface area contributed by atoms with Crippen molar-refractivity contribution >= 4 is 35.0 Å². The lowest BCUT2D eigenvalue weighted by Crippen LogP contribution is -2.45. The molecule has 140 valence electrons. The van der Waals surface area contributed by atoms with Gasteiger partial charge in [0, 0.05) is 18.0 Å². The maximum Gasteiger partial charge on any atom is 0.257 e. The number of carbonyl (C=O) groups excluding carboxylic acids is 3. The highest BCUT2D eigenvalue weighted by Crippen LogP contribution is 2.28. The number of imide groups is 1. The largest absolute Gasteiger partial charge is 0.326 e. The van der Waals surface area contributed by atoms with Crippen molar-refractivity contribution in [1.29, 1.82) is 0 Å². The van der Waals surface area contributed by atoms with Gasteiger partial charge >= 0.3 is 0 Å². The highest BCUT2D eigenvalue weighted by molar-refractivity contribution is 6.31. The number of benzene rings is 2. The number of hydrogen-bond acceptors (Lipinski definition) is 3. The molecule has 0 saturated carbocycles. The van der Waals surface area contributed by atoms with Crippen LogP contribution in [0.25, 0.3) is 0 Å². The zero-order chi connectivity index (χ0) is 19.4. The van der Waals surface area contributed by atoms with Gasteiger partial charge in [0.05, 0.1) is 12.1 Å². The molecule has 1 saturated heterocycles. The van der Waals surface area contributed by atoms with E-state index in [1.54, 1.807) is 30.3 Å². The molecule has 5 nitrogen and oxygen atoms in total. The average Bonchev–Trinajstić information content (AvgIpc) is 2.96. The van der Waals surface area contributed by atoms with Crippen molar-refractivity contribution in [3.8, 4) is 0 Å². The molecule has 2 aromatic rings. The van der Waals surface area contributed by atoms with Crippen molar-refractivity contribution in [3.05, 3.63) is 65.2 Å². The Bertz CT molecular complexity index is 854. The lowest BCUT2D eigenvalue weighted by Gasteiger charge is -2.28. The van der Waals surface area contributed by atoms with E-state index in [0.717, 1.165) is 5.56 Å². The summed E-state index contributed by atoms with van der Waals surface area (Å²) in [6, 6.07) is 15.2. The van der Waals surface area contributed by atoms with Gasteiger partial charge in [-0.05, 0) is 30.2 Å². The lowest BCUT2D eigenvalue weighted by molar-refractivity contribution is -0.139. The molecule has 2 aromatic carbocycles. The fraction of sp³-hybridized carbons (Fsp3) is 0.286. The van der Waals surface area contributed by atoms with Crippen molar-refractivity contribution in [3.63, 3.8) is 0 Å². The maximum absolute atomic E-state index is 13.0. The highest BCUT2D eigenvalue weighted by atomic mass is 35.5. The van der Waals surface area contributed by atoms with Gasteiger partial charge in [-0.3, -0.25) is 14.4 Å². The Kier molecular flexibility index (Phi) is 5.91. The summed E-state index contributed by atoms with van der Waals surface area (Å²) >= 11 is 6.25. The van der Waals surface area contributed by atoms with Gasteiger partial charge in [0.15, 0.2) is 0 Å². The third kappa shape index (κ3) is 4.03. The minimum Gasteiger partial charge on any atom is -0.326 e. The normalized spacial score (nSPS) is 16.7. The summed E-state index contributed by atoms with van der Waals surface area (Å²) in [5.41, 5.74) is 1.28. The SMILES string of the molecule is CCCC(=O)N(Cc1ccccc1Cl)C1CC(=O)N(c2ccccc2)C1=O. The Morgan fingerprint density at radius 3 is 2.44 bits per heavy atom. The van der Waals surface area contributed by atoms with Crippen LogP contribution in [-0.2, 0) is 20.9 Å². The topological polar surface area (TPSA) is 57.7 Å². The van der Waals surface area contributed by atoms with Gasteiger partial charge in [0.1, 0.15) is 6.04 Å². The van der Waals surface area contributed by atoms with Crippen LogP contribution in [-0.4, -0.2) is 28.7 Å². The van der Waals surface area contributed by atoms with Crippen LogP contribution in [0.15, 0.2) is 54.6 Å². The van der Waals surface area contributed by atoms with Crippen molar-refractivity contribution in [2.45, 2.75) is 38.8 Å². The molecule has 27 heavy (non-hydrogen) atoms. The number of halogens is 1. The van der Waals surface area contributed by atoms with Crippen molar-refractivity contribution in [2.75, 3.05) is 4.90 Å². The van der Waals surface area contributed by atoms with Crippen LogP contribution in [0.2, 0.25) is 5.02 Å². The standard InChI is InChI=1S/C21H21ClN2O3/c1-2-8-19(25)23(14-15-9-6-7-12-17(15)22)18-13-20(26)24(21(18)27)16-10-4-3-5-11-16/h3-7,9-12,18H,2,8,13-14H2,1H3. The van der Waals surface area contributed by atoms with Crippen molar-refractivity contribution < 1.29 is 14.4 Å². The molecule has 1 aliphatic rings. The average molecular weight is 385 g/mol. The zero-order valence-corrected chi connectivity index (χ0v) is 15.9. The summed E-state index contributed by atoms with van der Waals surface area (Å²) in [6.45, 7) is 2.11. The summed E-state index contributed by atoms with van der Waals surface area (Å²) in [4.78, 5) is 41.0. The monoisotopic (exact) mass is 384 g/mol. The first-order chi connectivity index (χ1) is 13.0. The molecule has 0 aliphatic carbocycles. The summed E-state index contributed by atoms with van der Waals surface area (Å²) in [5.74, 6) is -0.828. The van der Waals surface area contributed by atoms with E-state index in [1.165, 1.54) is 9.80 Å². The zero-order valence-electron chi connectivity index (χ0n) is 15.1. The number of anilines is 1. The van der Waals surface area contributed by atoms with Crippen LogP contribution in [0, 0.1) is 0 Å². The third-order valence-corrected chi connectivity index (χ3v) is 4.96. The number of carbonyl (C=O) groups is 3. The van der Waals surface area contributed by atoms with E-state index < -0.39 is 6.04 Å². The van der Waals surface area contributed by atoms with Crippen LogP contribution < -0.4 is 4.90 Å². The number of para-hydroxylation sites is 1. The first-order valence-corrected chi connectivity index (χ1v) is 9.35. The van der Waals surface area contributed by atoms with Gasteiger partial charge in [-0.25, -0.2) is 4.90 Å². The molecule has 0 aromatic heterocycles. The van der Waals surface area contributed by atoms with Gasteiger partial charge in [-0.2, -0.15) is 0 Å². The van der Waals surface area contributed by atoms with Crippen molar-refractivity contribution in [1.82, 2.24) is 4.90 Å². The molecule has 0 radical (unpaired) electrons. The molecule has 1 unspecified atom stereocenters. The summed E-state index contributed by atoms with van der Waals surface area (Å²) in [6.07, 6.45) is 0.955. The van der Waals surface area contributed by atoms with Gasteiger partial charge < -0.3 is 4.90 Å². The Labute approximate surface area is 163 Å². The van der Waals surface area contributed by atoms with E-state index in [2.05, 4.69) is 0 Å². The molecule has 1 atom stereocenters. The van der Waals surface area contributed by atoms with E-state index >= 15 is 0 Å². The van der Waals surface area contributed by atoms with Gasteiger partial charge in [0.25, 0.3) is 5.91 Å². The Balaban J connectivity index is 1.90. The summed E-state index contributed by atoms with van der Waals surface area (Å²) in [7, 11) is 0. The fourth-order valence-electron chi connectivity index (χ4n) is 3.25. The highest BCUT2D eigenvalue weighted by Gasteiger charge is 2.44. The van der Waals surface area contributed by atoms with Crippen LogP contribution in [0.1, 0.15) is 31.7 Å². The summed E-state index contributed by atoms with van der Waals surface area (Å²) < 4.78 is 0. The molecule has 6 heteroatoms. The Morgan fingerprint density at radius 2 is 1.78 bits per heavy atom. The quantitative estimate of drug-likeness (QED) is 0.712. The fourth-order valence-corrected chi connectivity index (χ4v) is 3.44. The second-order valence-electron chi connectivity index (χ2n) is 6.49. The molecule has 3 amide bonds. The number of hydrogen-bond donors (Lipinski definition) is 0. The molecule has 1 fully saturated rings. The second kappa shape index (κ2) is 8.35.